The second-order valence-electron chi connectivity index (χ2n) is 3.31. The van der Waals surface area contributed by atoms with Gasteiger partial charge >= 0.3 is 0 Å². The van der Waals surface area contributed by atoms with Crippen LogP contribution in [0.15, 0.2) is 24.3 Å². The Morgan fingerprint density at radius 3 is 2.31 bits per heavy atom. The van der Waals surface area contributed by atoms with Crippen LogP contribution < -0.4 is 11.1 Å². The van der Waals surface area contributed by atoms with E-state index >= 15 is 0 Å². The van der Waals surface area contributed by atoms with Gasteiger partial charge in [0.1, 0.15) is 0 Å². The molecule has 1 aromatic carbocycles. The molecule has 0 saturated heterocycles. The van der Waals surface area contributed by atoms with E-state index < -0.39 is 5.91 Å². The molecule has 0 spiro atoms. The molecule has 1 rings (SSSR count). The Hall–Kier alpha value is -1.49. The van der Waals surface area contributed by atoms with Gasteiger partial charge in [-0.15, -0.1) is 0 Å². The van der Waals surface area contributed by atoms with Crippen molar-refractivity contribution in [1.29, 1.82) is 0 Å². The summed E-state index contributed by atoms with van der Waals surface area (Å²) in [6, 6.07) is 6.49. The van der Waals surface area contributed by atoms with Crippen molar-refractivity contribution in [2.24, 2.45) is 5.73 Å². The first kappa shape index (κ1) is 12.6. The first-order chi connectivity index (χ1) is 7.54. The Morgan fingerprint density at radius 2 is 1.88 bits per heavy atom. The minimum Gasteiger partial charge on any atom is -0.366 e. The molecule has 0 saturated carbocycles. The average Bonchev–Trinajstić information content (AvgIpc) is 2.28. The molecule has 0 aliphatic heterocycles. The molecular formula is C11H14N2O2S. The molecule has 0 fully saturated rings. The quantitative estimate of drug-likeness (QED) is 0.834. The zero-order valence-corrected chi connectivity index (χ0v) is 10.0. The molecule has 16 heavy (non-hydrogen) atoms. The maximum absolute atomic E-state index is 11.5. The summed E-state index contributed by atoms with van der Waals surface area (Å²) in [5.41, 5.74) is 6.19. The highest BCUT2D eigenvalue weighted by molar-refractivity contribution is 7.99. The third-order valence-electron chi connectivity index (χ3n) is 2.16. The van der Waals surface area contributed by atoms with Crippen molar-refractivity contribution in [3.05, 3.63) is 29.8 Å². The Kier molecular flexibility index (Phi) is 4.37. The van der Waals surface area contributed by atoms with Crippen LogP contribution in [0.4, 0.5) is 5.69 Å². The second kappa shape index (κ2) is 5.55. The number of primary amides is 1. The van der Waals surface area contributed by atoms with Gasteiger partial charge in [-0.05, 0) is 37.4 Å². The van der Waals surface area contributed by atoms with Crippen LogP contribution in [-0.2, 0) is 4.79 Å². The first-order valence-corrected chi connectivity index (χ1v) is 6.07. The molecule has 1 atom stereocenters. The van der Waals surface area contributed by atoms with Gasteiger partial charge in [-0.3, -0.25) is 9.59 Å². The predicted octanol–water partition coefficient (Wildman–Crippen LogP) is 1.48. The minimum absolute atomic E-state index is 0.0562. The van der Waals surface area contributed by atoms with E-state index in [0.717, 1.165) is 0 Å². The Bertz CT molecular complexity index is 389. The van der Waals surface area contributed by atoms with Crippen LogP contribution in [0.5, 0.6) is 0 Å². The van der Waals surface area contributed by atoms with E-state index in [2.05, 4.69) is 5.32 Å². The number of amides is 2. The van der Waals surface area contributed by atoms with Gasteiger partial charge in [0.2, 0.25) is 11.8 Å². The van der Waals surface area contributed by atoms with Crippen LogP contribution in [0.3, 0.4) is 0 Å². The van der Waals surface area contributed by atoms with Crippen molar-refractivity contribution in [3.63, 3.8) is 0 Å². The molecule has 3 N–H and O–H groups in total. The summed E-state index contributed by atoms with van der Waals surface area (Å²) in [5.74, 6) is -0.533. The van der Waals surface area contributed by atoms with Crippen molar-refractivity contribution >= 4 is 29.3 Å². The number of benzene rings is 1. The average molecular weight is 238 g/mol. The Labute approximate surface area is 98.6 Å². The molecule has 0 radical (unpaired) electrons. The molecule has 0 aliphatic rings. The van der Waals surface area contributed by atoms with Gasteiger partial charge in [0.05, 0.1) is 5.25 Å². The van der Waals surface area contributed by atoms with E-state index in [-0.39, 0.29) is 11.2 Å². The van der Waals surface area contributed by atoms with Crippen LogP contribution in [-0.4, -0.2) is 23.3 Å². The van der Waals surface area contributed by atoms with E-state index in [0.29, 0.717) is 11.3 Å². The topological polar surface area (TPSA) is 72.2 Å². The van der Waals surface area contributed by atoms with Crippen LogP contribution in [0.2, 0.25) is 0 Å². The van der Waals surface area contributed by atoms with E-state index in [1.54, 1.807) is 24.3 Å². The summed E-state index contributed by atoms with van der Waals surface area (Å²) >= 11 is 1.47. The number of thioether (sulfide) groups is 1. The fourth-order valence-electron chi connectivity index (χ4n) is 1.07. The first-order valence-electron chi connectivity index (χ1n) is 4.78. The fourth-order valence-corrected chi connectivity index (χ4v) is 1.34. The van der Waals surface area contributed by atoms with Crippen LogP contribution in [0.25, 0.3) is 0 Å². The number of nitrogens with one attached hydrogen (secondary N) is 1. The van der Waals surface area contributed by atoms with Gasteiger partial charge in [0, 0.05) is 11.3 Å². The minimum atomic E-state index is -0.477. The van der Waals surface area contributed by atoms with E-state index in [1.165, 1.54) is 11.8 Å². The number of rotatable bonds is 4. The number of hydrogen-bond acceptors (Lipinski definition) is 3. The summed E-state index contributed by atoms with van der Waals surface area (Å²) in [5, 5.41) is 2.65. The molecule has 5 heteroatoms. The highest BCUT2D eigenvalue weighted by Gasteiger charge is 2.11. The molecule has 4 nitrogen and oxygen atoms in total. The normalized spacial score (nSPS) is 11.9. The molecule has 2 amide bonds. The van der Waals surface area contributed by atoms with Crippen molar-refractivity contribution in [2.75, 3.05) is 11.6 Å². The fraction of sp³-hybridized carbons (Fsp3) is 0.273. The molecule has 1 unspecified atom stereocenters. The van der Waals surface area contributed by atoms with Gasteiger partial charge in [0.15, 0.2) is 0 Å². The molecule has 86 valence electrons. The van der Waals surface area contributed by atoms with Gasteiger partial charge in [0.25, 0.3) is 0 Å². The van der Waals surface area contributed by atoms with Gasteiger partial charge in [-0.1, -0.05) is 0 Å². The zero-order valence-electron chi connectivity index (χ0n) is 9.19. The maximum atomic E-state index is 11.5. The van der Waals surface area contributed by atoms with E-state index in [1.807, 2.05) is 13.2 Å². The lowest BCUT2D eigenvalue weighted by molar-refractivity contribution is -0.115. The molecule has 0 bridgehead atoms. The number of anilines is 1. The number of nitrogens with two attached hydrogens (primary N) is 1. The molecule has 0 heterocycles. The predicted molar refractivity (Wildman–Crippen MR) is 66.6 cm³/mol. The summed E-state index contributed by atoms with van der Waals surface area (Å²) in [7, 11) is 0. The van der Waals surface area contributed by atoms with Crippen molar-refractivity contribution in [3.8, 4) is 0 Å². The molecule has 0 aromatic heterocycles. The van der Waals surface area contributed by atoms with Crippen molar-refractivity contribution in [2.45, 2.75) is 12.2 Å². The largest absolute Gasteiger partial charge is 0.366 e. The van der Waals surface area contributed by atoms with E-state index in [9.17, 15) is 9.59 Å². The lowest BCUT2D eigenvalue weighted by atomic mass is 10.2. The molecule has 0 aliphatic carbocycles. The SMILES string of the molecule is CSC(C)C(=O)Nc1ccc(C(N)=O)cc1. The van der Waals surface area contributed by atoms with E-state index in [4.69, 9.17) is 5.73 Å². The Balaban J connectivity index is 2.69. The third kappa shape index (κ3) is 3.27. The standard InChI is InChI=1S/C11H14N2O2S/c1-7(16-2)11(15)13-9-5-3-8(4-6-9)10(12)14/h3-7H,1-2H3,(H2,12,14)(H,13,15). The molecular weight excluding hydrogens is 224 g/mol. The van der Waals surface area contributed by atoms with Crippen LogP contribution in [0.1, 0.15) is 17.3 Å². The maximum Gasteiger partial charge on any atom is 0.248 e. The third-order valence-corrected chi connectivity index (χ3v) is 3.08. The summed E-state index contributed by atoms with van der Waals surface area (Å²) < 4.78 is 0. The van der Waals surface area contributed by atoms with Gasteiger partial charge in [-0.25, -0.2) is 0 Å². The lowest BCUT2D eigenvalue weighted by Crippen LogP contribution is -2.22. The Morgan fingerprint density at radius 1 is 1.31 bits per heavy atom. The zero-order chi connectivity index (χ0) is 12.1. The highest BCUT2D eigenvalue weighted by Crippen LogP contribution is 2.12. The van der Waals surface area contributed by atoms with Gasteiger partial charge < -0.3 is 11.1 Å². The lowest BCUT2D eigenvalue weighted by Gasteiger charge is -2.09. The monoisotopic (exact) mass is 238 g/mol. The van der Waals surface area contributed by atoms with Crippen molar-refractivity contribution < 1.29 is 9.59 Å². The summed E-state index contributed by atoms with van der Waals surface area (Å²) in [6.07, 6.45) is 1.88. The van der Waals surface area contributed by atoms with Crippen molar-refractivity contribution in [1.82, 2.24) is 0 Å². The van der Waals surface area contributed by atoms with Crippen LogP contribution in [0, 0.1) is 0 Å². The number of hydrogen-bond donors (Lipinski definition) is 2. The highest BCUT2D eigenvalue weighted by atomic mass is 32.2. The summed E-state index contributed by atoms with van der Waals surface area (Å²) in [6.45, 7) is 1.83. The number of carbonyl (C=O) groups excluding carboxylic acids is 2. The second-order valence-corrected chi connectivity index (χ2v) is 4.49. The van der Waals surface area contributed by atoms with Gasteiger partial charge in [-0.2, -0.15) is 11.8 Å². The number of carbonyl (C=O) groups is 2. The smallest absolute Gasteiger partial charge is 0.248 e. The summed E-state index contributed by atoms with van der Waals surface area (Å²) in [4.78, 5) is 22.4. The van der Waals surface area contributed by atoms with Crippen LogP contribution >= 0.6 is 11.8 Å². The molecule has 1 aromatic rings.